The minimum Gasteiger partial charge on any atom is -0.322 e. The van der Waals surface area contributed by atoms with Gasteiger partial charge in [-0.05, 0) is 19.3 Å². The maximum Gasteiger partial charge on any atom is 0.106 e. The lowest BCUT2D eigenvalue weighted by atomic mass is 10.2. The Bertz CT molecular complexity index is 280. The van der Waals surface area contributed by atoms with Gasteiger partial charge in [0.15, 0.2) is 0 Å². The molecule has 1 rings (SSSR count). The van der Waals surface area contributed by atoms with Gasteiger partial charge < -0.3 is 4.57 Å². The summed E-state index contributed by atoms with van der Waals surface area (Å²) < 4.78 is 14.7. The predicted octanol–water partition coefficient (Wildman–Crippen LogP) is 5.07. The van der Waals surface area contributed by atoms with E-state index in [1.807, 2.05) is 19.3 Å². The van der Waals surface area contributed by atoms with Crippen molar-refractivity contribution in [1.82, 2.24) is 0 Å². The van der Waals surface area contributed by atoms with Crippen LogP contribution in [-0.4, -0.2) is 10.3 Å². The fraction of sp³-hybridized carbons (Fsp3) is 0.615. The average Bonchev–Trinajstić information content (AvgIpc) is 2.46. The highest BCUT2D eigenvalue weighted by molar-refractivity contribution is 14.1. The highest BCUT2D eigenvalue weighted by atomic mass is 127. The predicted molar refractivity (Wildman–Crippen MR) is 80.5 cm³/mol. The smallest absolute Gasteiger partial charge is 0.106 e. The van der Waals surface area contributed by atoms with E-state index in [0.29, 0.717) is 0 Å². The molecule has 1 nitrogen and oxygen atoms in total. The molecule has 0 aromatic heterocycles. The maximum atomic E-state index is 13.5. The van der Waals surface area contributed by atoms with Crippen molar-refractivity contribution in [2.45, 2.75) is 51.9 Å². The molecule has 3 heteroatoms. The first-order valence-corrected chi connectivity index (χ1v) is 8.32. The molecule has 91 valence electrons. The standard InChI is InChI=1S/C13H21IOP/c1-12(2,3)16(15,13(4,5)6)11-9-7-8-10(11)14/h7-9H,1-6H3. The lowest BCUT2D eigenvalue weighted by Gasteiger charge is -2.45. The lowest BCUT2D eigenvalue weighted by molar-refractivity contribution is 0.520. The quantitative estimate of drug-likeness (QED) is 0.476. The van der Waals surface area contributed by atoms with E-state index < -0.39 is 7.14 Å². The van der Waals surface area contributed by atoms with Gasteiger partial charge in [0.2, 0.25) is 0 Å². The Morgan fingerprint density at radius 1 is 1.00 bits per heavy atom. The molecule has 0 atom stereocenters. The largest absolute Gasteiger partial charge is 0.322 e. The first kappa shape index (κ1) is 15.0. The molecule has 0 bridgehead atoms. The lowest BCUT2D eigenvalue weighted by Crippen LogP contribution is -2.32. The molecule has 0 aromatic rings. The molecule has 1 fully saturated rings. The molecule has 0 spiro atoms. The zero-order valence-electron chi connectivity index (χ0n) is 11.0. The highest BCUT2D eigenvalue weighted by Gasteiger charge is 2.55. The molecule has 0 heterocycles. The normalized spacial score (nSPS) is 21.7. The van der Waals surface area contributed by atoms with Crippen LogP contribution in [0, 0.1) is 28.8 Å². The molecular weight excluding hydrogens is 330 g/mol. The van der Waals surface area contributed by atoms with Crippen molar-refractivity contribution in [3.8, 4) is 0 Å². The van der Waals surface area contributed by atoms with Gasteiger partial charge in [-0.25, -0.2) is 0 Å². The minimum atomic E-state index is -2.44. The molecule has 0 amide bonds. The summed E-state index contributed by atoms with van der Waals surface area (Å²) in [4.78, 5) is 0. The summed E-state index contributed by atoms with van der Waals surface area (Å²) in [6.07, 6.45) is 6.07. The topological polar surface area (TPSA) is 17.1 Å². The molecule has 1 aliphatic rings. The third-order valence-corrected chi connectivity index (χ3v) is 9.18. The third kappa shape index (κ3) is 2.39. The highest BCUT2D eigenvalue weighted by Crippen LogP contribution is 2.77. The minimum absolute atomic E-state index is 0.195. The Balaban J connectivity index is 3.21. The van der Waals surface area contributed by atoms with Crippen molar-refractivity contribution in [2.24, 2.45) is 0 Å². The van der Waals surface area contributed by atoms with Crippen LogP contribution in [-0.2, 0) is 4.57 Å². The molecule has 0 aliphatic heterocycles. The van der Waals surface area contributed by atoms with Crippen molar-refractivity contribution < 1.29 is 4.57 Å². The van der Waals surface area contributed by atoms with E-state index in [-0.39, 0.29) is 10.3 Å². The summed E-state index contributed by atoms with van der Waals surface area (Å²) >= 11 is 2.29. The van der Waals surface area contributed by atoms with Crippen LogP contribution >= 0.6 is 29.7 Å². The van der Waals surface area contributed by atoms with E-state index in [1.165, 1.54) is 0 Å². The number of halogens is 1. The average molecular weight is 351 g/mol. The molecule has 1 saturated carbocycles. The molecule has 0 aromatic carbocycles. The molecule has 0 N–H and O–H groups in total. The van der Waals surface area contributed by atoms with E-state index >= 15 is 0 Å². The van der Waals surface area contributed by atoms with Crippen LogP contribution in [0.4, 0.5) is 0 Å². The van der Waals surface area contributed by atoms with Gasteiger partial charge in [0, 0.05) is 10.3 Å². The Hall–Kier alpha value is 0.960. The maximum absolute atomic E-state index is 13.5. The van der Waals surface area contributed by atoms with E-state index in [1.54, 1.807) is 0 Å². The first-order valence-electron chi connectivity index (χ1n) is 5.54. The first-order chi connectivity index (χ1) is 7.02. The van der Waals surface area contributed by atoms with Crippen molar-refractivity contribution >= 4 is 29.7 Å². The second kappa shape index (κ2) is 4.57. The van der Waals surface area contributed by atoms with Crippen LogP contribution in [0.5, 0.6) is 0 Å². The molecule has 0 saturated heterocycles. The number of hydrogen-bond acceptors (Lipinski definition) is 1. The Kier molecular flexibility index (Phi) is 4.29. The molecule has 5 radical (unpaired) electrons. The van der Waals surface area contributed by atoms with Crippen LogP contribution < -0.4 is 0 Å². The van der Waals surface area contributed by atoms with E-state index in [4.69, 9.17) is 0 Å². The molecule has 16 heavy (non-hydrogen) atoms. The van der Waals surface area contributed by atoms with Crippen LogP contribution in [0.2, 0.25) is 0 Å². The Morgan fingerprint density at radius 3 is 1.69 bits per heavy atom. The van der Waals surface area contributed by atoms with Gasteiger partial charge in [0.1, 0.15) is 7.14 Å². The third-order valence-electron chi connectivity index (χ3n) is 2.97. The van der Waals surface area contributed by atoms with E-state index in [0.717, 1.165) is 9.58 Å². The second-order valence-corrected chi connectivity index (χ2v) is 11.8. The molecule has 0 unspecified atom stereocenters. The summed E-state index contributed by atoms with van der Waals surface area (Å²) in [7, 11) is -2.44. The van der Waals surface area contributed by atoms with Crippen molar-refractivity contribution in [3.05, 3.63) is 28.8 Å². The van der Waals surface area contributed by atoms with E-state index in [9.17, 15) is 4.57 Å². The SMILES string of the molecule is CC(C)(C)P(=O)([C]1[CH][CH][CH][C]1I)C(C)(C)C. The fourth-order valence-electron chi connectivity index (χ4n) is 2.37. The van der Waals surface area contributed by atoms with Crippen molar-refractivity contribution in [2.75, 3.05) is 0 Å². The van der Waals surface area contributed by atoms with Crippen LogP contribution in [0.1, 0.15) is 41.5 Å². The van der Waals surface area contributed by atoms with Crippen LogP contribution in [0.15, 0.2) is 0 Å². The van der Waals surface area contributed by atoms with Gasteiger partial charge in [0.25, 0.3) is 0 Å². The fourth-order valence-corrected chi connectivity index (χ4v) is 7.91. The number of hydrogen-bond donors (Lipinski definition) is 0. The Morgan fingerprint density at radius 2 is 1.44 bits per heavy atom. The van der Waals surface area contributed by atoms with Gasteiger partial charge in [-0.15, -0.1) is 0 Å². The summed E-state index contributed by atoms with van der Waals surface area (Å²) in [6, 6.07) is 0. The van der Waals surface area contributed by atoms with Gasteiger partial charge in [-0.1, -0.05) is 64.1 Å². The van der Waals surface area contributed by atoms with Gasteiger partial charge >= 0.3 is 0 Å². The second-order valence-electron chi connectivity index (χ2n) is 6.21. The molecule has 1 aliphatic carbocycles. The number of rotatable bonds is 1. The summed E-state index contributed by atoms with van der Waals surface area (Å²) in [5, 5.41) is -0.390. The van der Waals surface area contributed by atoms with Gasteiger partial charge in [-0.2, -0.15) is 0 Å². The van der Waals surface area contributed by atoms with Crippen LogP contribution in [0.25, 0.3) is 0 Å². The summed E-state index contributed by atoms with van der Waals surface area (Å²) in [6.45, 7) is 12.5. The van der Waals surface area contributed by atoms with Crippen LogP contribution in [0.3, 0.4) is 0 Å². The zero-order chi connectivity index (χ0) is 12.8. The monoisotopic (exact) mass is 351 g/mol. The zero-order valence-corrected chi connectivity index (χ0v) is 14.0. The van der Waals surface area contributed by atoms with Gasteiger partial charge in [0.05, 0.1) is 9.58 Å². The van der Waals surface area contributed by atoms with Crippen molar-refractivity contribution in [1.29, 1.82) is 0 Å². The summed E-state index contributed by atoms with van der Waals surface area (Å²) in [5.41, 5.74) is 1.05. The van der Waals surface area contributed by atoms with Crippen molar-refractivity contribution in [3.63, 3.8) is 0 Å². The summed E-state index contributed by atoms with van der Waals surface area (Å²) in [5.74, 6) is 0. The Labute approximate surface area is 115 Å². The van der Waals surface area contributed by atoms with E-state index in [2.05, 4.69) is 64.1 Å². The molecular formula is C13H21IOP. The van der Waals surface area contributed by atoms with Gasteiger partial charge in [-0.3, -0.25) is 0 Å².